The van der Waals surface area contributed by atoms with Crippen LogP contribution in [0.3, 0.4) is 0 Å². The molecule has 3 N–H and O–H groups in total. The Hall–Kier alpha value is -8.03. The molecule has 11 rings (SSSR count). The minimum Gasteiger partial charge on any atom is -0.354 e. The number of aromatic amines is 2. The van der Waals surface area contributed by atoms with Gasteiger partial charge in [0.25, 0.3) is 0 Å². The molecule has 0 aliphatic carbocycles. The summed E-state index contributed by atoms with van der Waals surface area (Å²) in [5.41, 5.74) is 18.0. The summed E-state index contributed by atoms with van der Waals surface area (Å²) in [6.07, 6.45) is 6.41. The van der Waals surface area contributed by atoms with E-state index in [1.165, 1.54) is 0 Å². The Kier molecular flexibility index (Phi) is 8.72. The lowest BCUT2D eigenvalue weighted by atomic mass is 9.86. The quantitative estimate of drug-likeness (QED) is 0.156. The van der Waals surface area contributed by atoms with Crippen LogP contribution < -0.4 is 10.2 Å². The van der Waals surface area contributed by atoms with E-state index in [1.54, 1.807) is 4.90 Å². The van der Waals surface area contributed by atoms with E-state index >= 15 is 0 Å². The molecule has 8 bridgehead atoms. The summed E-state index contributed by atoms with van der Waals surface area (Å²) in [5, 5.41) is 3.82. The summed E-state index contributed by atoms with van der Waals surface area (Å²) in [4.78, 5) is 33.9. The molecule has 0 atom stereocenters. The molecule has 7 nitrogen and oxygen atoms in total. The Morgan fingerprint density at radius 3 is 1.44 bits per heavy atom. The Morgan fingerprint density at radius 2 is 0.952 bits per heavy atom. The smallest absolute Gasteiger partial charge is 0.236 e. The van der Waals surface area contributed by atoms with E-state index in [0.29, 0.717) is 0 Å². The number of H-pyrrole nitrogens is 2. The molecule has 0 radical (unpaired) electrons. The van der Waals surface area contributed by atoms with Gasteiger partial charge in [0.05, 0.1) is 33.9 Å². The second kappa shape index (κ2) is 14.6. The second-order valence-corrected chi connectivity index (χ2v) is 16.5. The number of anilines is 2. The van der Waals surface area contributed by atoms with Gasteiger partial charge in [0.2, 0.25) is 5.91 Å². The van der Waals surface area contributed by atoms with Crippen molar-refractivity contribution in [2.75, 3.05) is 17.3 Å². The minimum absolute atomic E-state index is 0.0775. The van der Waals surface area contributed by atoms with Crippen molar-refractivity contribution in [3.63, 3.8) is 0 Å². The van der Waals surface area contributed by atoms with Gasteiger partial charge in [-0.15, -0.1) is 0 Å². The Morgan fingerprint density at radius 1 is 0.516 bits per heavy atom. The van der Waals surface area contributed by atoms with Gasteiger partial charge in [0.1, 0.15) is 0 Å². The van der Waals surface area contributed by atoms with Crippen LogP contribution in [0.5, 0.6) is 0 Å². The predicted molar refractivity (Wildman–Crippen MR) is 256 cm³/mol. The van der Waals surface area contributed by atoms with E-state index in [9.17, 15) is 4.79 Å². The van der Waals surface area contributed by atoms with E-state index in [2.05, 4.69) is 161 Å². The maximum atomic E-state index is 13.4. The van der Waals surface area contributed by atoms with E-state index in [-0.39, 0.29) is 5.91 Å². The molecule has 0 spiro atoms. The number of amides is 1. The molecular formula is C55H42N6O. The van der Waals surface area contributed by atoms with Gasteiger partial charge in [-0.1, -0.05) is 121 Å². The van der Waals surface area contributed by atoms with Gasteiger partial charge in [-0.25, -0.2) is 9.97 Å². The van der Waals surface area contributed by atoms with Crippen LogP contribution in [0, 0.1) is 0 Å². The first-order chi connectivity index (χ1) is 30.3. The Labute approximate surface area is 359 Å². The first-order valence-corrected chi connectivity index (χ1v) is 20.9. The number of aromatic nitrogens is 4. The third-order valence-electron chi connectivity index (χ3n) is 12.3. The van der Waals surface area contributed by atoms with Gasteiger partial charge < -0.3 is 20.2 Å². The van der Waals surface area contributed by atoms with Crippen LogP contribution in [-0.2, 0) is 10.2 Å². The number of carbonyl (C=O) groups is 1. The molecule has 3 aromatic heterocycles. The molecule has 0 saturated heterocycles. The van der Waals surface area contributed by atoms with Gasteiger partial charge >= 0.3 is 0 Å². The topological polar surface area (TPSA) is 89.7 Å². The fourth-order valence-electron chi connectivity index (χ4n) is 9.22. The van der Waals surface area contributed by atoms with Gasteiger partial charge in [0, 0.05) is 62.7 Å². The number of nitrogens with one attached hydrogen (secondary N) is 3. The van der Waals surface area contributed by atoms with E-state index in [4.69, 9.17) is 9.97 Å². The highest BCUT2D eigenvalue weighted by Gasteiger charge is 2.42. The fraction of sp³-hybridized carbons (Fsp3) is 0.0727. The van der Waals surface area contributed by atoms with Crippen LogP contribution in [0.25, 0.3) is 90.5 Å². The van der Waals surface area contributed by atoms with Gasteiger partial charge in [-0.3, -0.25) is 4.79 Å². The lowest BCUT2D eigenvalue weighted by Gasteiger charge is -2.17. The molecule has 298 valence electrons. The summed E-state index contributed by atoms with van der Waals surface area (Å²) >= 11 is 0. The number of carbonyl (C=O) groups excluding carboxylic acids is 1. The van der Waals surface area contributed by atoms with Crippen LogP contribution in [0.1, 0.15) is 42.2 Å². The number of benzene rings is 5. The monoisotopic (exact) mass is 802 g/mol. The zero-order valence-corrected chi connectivity index (χ0v) is 34.6. The molecule has 1 amide bonds. The summed E-state index contributed by atoms with van der Waals surface area (Å²) in [6, 6.07) is 56.6. The SMILES string of the molecule is CN1C(=O)C(C)(C)c2cc(NC3=Cc4nc3c(-c3ccccc3)c3ccc([nH]3)c(-c3ccccc3)c3nc(c(-c5ccccc5)c5ccc([nH]5)c4-c4ccccc4)C=C3)ccc21. The van der Waals surface area contributed by atoms with E-state index in [1.807, 2.05) is 57.3 Å². The normalized spacial score (nSPS) is 13.9. The van der Waals surface area contributed by atoms with E-state index in [0.717, 1.165) is 112 Å². The molecule has 0 saturated carbocycles. The Bertz CT molecular complexity index is 3310. The van der Waals surface area contributed by atoms with Gasteiger partial charge in [-0.2, -0.15) is 0 Å². The van der Waals surface area contributed by atoms with Crippen LogP contribution in [-0.4, -0.2) is 32.9 Å². The molecule has 0 unspecified atom stereocenters. The summed E-state index contributed by atoms with van der Waals surface area (Å²) < 4.78 is 0. The third-order valence-corrected chi connectivity index (χ3v) is 12.3. The van der Waals surface area contributed by atoms with Crippen molar-refractivity contribution in [3.05, 3.63) is 192 Å². The van der Waals surface area contributed by atoms with Crippen LogP contribution in [0.2, 0.25) is 0 Å². The second-order valence-electron chi connectivity index (χ2n) is 16.5. The lowest BCUT2D eigenvalue weighted by Crippen LogP contribution is -2.33. The summed E-state index contributed by atoms with van der Waals surface area (Å²) in [6.45, 7) is 3.99. The molecule has 8 aromatic rings. The molecule has 6 heterocycles. The number of rotatable bonds is 6. The molecule has 3 aliphatic heterocycles. The van der Waals surface area contributed by atoms with Crippen LogP contribution >= 0.6 is 0 Å². The number of hydrogen-bond donors (Lipinski definition) is 3. The van der Waals surface area contributed by atoms with Crippen LogP contribution in [0.15, 0.2) is 164 Å². The number of fused-ring (bicyclic) bond motifs is 9. The van der Waals surface area contributed by atoms with E-state index < -0.39 is 5.41 Å². The maximum absolute atomic E-state index is 13.4. The maximum Gasteiger partial charge on any atom is 0.236 e. The third kappa shape index (κ3) is 6.17. The van der Waals surface area contributed by atoms with Crippen molar-refractivity contribution in [3.8, 4) is 44.5 Å². The summed E-state index contributed by atoms with van der Waals surface area (Å²) in [5.74, 6) is 0.0775. The minimum atomic E-state index is -0.662. The summed E-state index contributed by atoms with van der Waals surface area (Å²) in [7, 11) is 1.85. The average Bonchev–Trinajstić information content (AvgIpc) is 4.17. The molecule has 7 heteroatoms. The molecule has 0 fully saturated rings. The molecule has 5 aromatic carbocycles. The van der Waals surface area contributed by atoms with Gasteiger partial charge in [-0.05, 0) is 102 Å². The van der Waals surface area contributed by atoms with Gasteiger partial charge in [0.15, 0.2) is 0 Å². The van der Waals surface area contributed by atoms with Crippen molar-refractivity contribution in [2.24, 2.45) is 0 Å². The zero-order valence-electron chi connectivity index (χ0n) is 34.6. The van der Waals surface area contributed by atoms with Crippen LogP contribution in [0.4, 0.5) is 11.4 Å². The molecule has 62 heavy (non-hydrogen) atoms. The van der Waals surface area contributed by atoms with Crippen molar-refractivity contribution in [1.82, 2.24) is 19.9 Å². The molecular weight excluding hydrogens is 761 g/mol. The highest BCUT2D eigenvalue weighted by Crippen LogP contribution is 2.44. The van der Waals surface area contributed by atoms with Crippen molar-refractivity contribution < 1.29 is 4.79 Å². The largest absolute Gasteiger partial charge is 0.354 e. The lowest BCUT2D eigenvalue weighted by molar-refractivity contribution is -0.121. The highest BCUT2D eigenvalue weighted by molar-refractivity contribution is 6.08. The number of hydrogen-bond acceptors (Lipinski definition) is 4. The first-order valence-electron chi connectivity index (χ1n) is 20.9. The standard InChI is InChI=1S/C55H42N6O/c1-55(2)39-32-38(24-31-48(39)61(3)54(55)62)56-47-33-46-51(36-20-12-6-13-21-36)44-28-27-42(58-44)49(34-16-8-4-9-17-34)40-25-26-41(57-40)50(35-18-10-5-11-19-35)43-29-30-45(59-43)52(53(47)60-46)37-22-14-7-15-23-37/h4-33,56,58-59H,1-3H3. The number of nitrogens with zero attached hydrogens (tertiary/aromatic N) is 3. The highest BCUT2D eigenvalue weighted by atomic mass is 16.2. The fourth-order valence-corrected chi connectivity index (χ4v) is 9.22. The number of likely N-dealkylation sites (N-methyl/N-ethyl adjacent to an activating group) is 1. The molecule has 3 aliphatic rings. The van der Waals surface area contributed by atoms with Crippen molar-refractivity contribution in [1.29, 1.82) is 0 Å². The average molecular weight is 803 g/mol. The zero-order chi connectivity index (χ0) is 42.0. The van der Waals surface area contributed by atoms with Crippen molar-refractivity contribution in [2.45, 2.75) is 19.3 Å². The first kappa shape index (κ1) is 37.0. The Balaban J connectivity index is 1.28. The predicted octanol–water partition coefficient (Wildman–Crippen LogP) is 13.0. The van der Waals surface area contributed by atoms with Crippen molar-refractivity contribution >= 4 is 63.3 Å².